The topological polar surface area (TPSA) is 9.23 Å². The monoisotopic (exact) mass is 368 g/mol. The number of hydrogen-bond donors (Lipinski definition) is 0. The maximum Gasteiger partial charge on any atom is 0.422 e. The zero-order chi connectivity index (χ0) is 18.9. The van der Waals surface area contributed by atoms with Crippen LogP contribution in [-0.2, 0) is 0 Å². The predicted octanol–water partition coefficient (Wildman–Crippen LogP) is 6.29. The first-order valence-corrected chi connectivity index (χ1v) is 8.92. The Morgan fingerprint density at radius 3 is 1.41 bits per heavy atom. The second kappa shape index (κ2) is 7.10. The van der Waals surface area contributed by atoms with Crippen LogP contribution in [0.2, 0.25) is 0 Å². The average Bonchev–Trinajstić information content (AvgIpc) is 3.43. The molecule has 138 valence electrons. The lowest BCUT2D eigenvalue weighted by Gasteiger charge is -2.09. The van der Waals surface area contributed by atoms with E-state index in [1.54, 1.807) is 12.1 Å². The van der Waals surface area contributed by atoms with Crippen molar-refractivity contribution in [2.45, 2.75) is 23.9 Å². The fourth-order valence-electron chi connectivity index (χ4n) is 3.86. The Morgan fingerprint density at radius 2 is 1.00 bits per heavy atom. The molecule has 0 N–H and O–H groups in total. The predicted molar refractivity (Wildman–Crippen MR) is 99.1 cm³/mol. The Labute approximate surface area is 156 Å². The summed E-state index contributed by atoms with van der Waals surface area (Å²) in [6.07, 6.45) is -4.33. The van der Waals surface area contributed by atoms with Gasteiger partial charge in [0.25, 0.3) is 0 Å². The van der Waals surface area contributed by atoms with Gasteiger partial charge in [-0.05, 0) is 46.6 Å². The highest BCUT2D eigenvalue weighted by atomic mass is 19.4. The first kappa shape index (κ1) is 17.7. The molecule has 4 rings (SSSR count). The van der Waals surface area contributed by atoms with E-state index in [0.29, 0.717) is 17.8 Å². The van der Waals surface area contributed by atoms with Gasteiger partial charge in [-0.25, -0.2) is 0 Å². The van der Waals surface area contributed by atoms with Crippen molar-refractivity contribution in [2.75, 3.05) is 6.61 Å². The van der Waals surface area contributed by atoms with Gasteiger partial charge in [0.05, 0.1) is 0 Å². The van der Waals surface area contributed by atoms with Crippen LogP contribution in [0.15, 0.2) is 84.9 Å². The van der Waals surface area contributed by atoms with Crippen molar-refractivity contribution in [1.82, 2.24) is 0 Å². The standard InChI is InChI=1S/C23H19F3O/c24-23(25,26)15-27-19-13-11-18(12-14-19)22-20(16-7-3-1-4-8-16)21(22)17-9-5-2-6-10-17/h1-14,20-22H,15H2. The molecule has 0 heterocycles. The molecule has 1 fully saturated rings. The molecule has 0 amide bonds. The van der Waals surface area contributed by atoms with E-state index in [1.165, 1.54) is 11.1 Å². The van der Waals surface area contributed by atoms with Crippen LogP contribution >= 0.6 is 0 Å². The lowest BCUT2D eigenvalue weighted by atomic mass is 10.0. The Bertz CT molecular complexity index is 828. The maximum atomic E-state index is 12.3. The van der Waals surface area contributed by atoms with E-state index < -0.39 is 12.8 Å². The normalized spacial score (nSPS) is 21.7. The Kier molecular flexibility index (Phi) is 4.65. The summed E-state index contributed by atoms with van der Waals surface area (Å²) in [5.41, 5.74) is 3.69. The second-order valence-corrected chi connectivity index (χ2v) is 6.87. The molecular formula is C23H19F3O. The minimum atomic E-state index is -4.33. The minimum Gasteiger partial charge on any atom is -0.484 e. The molecule has 3 aromatic rings. The lowest BCUT2D eigenvalue weighted by molar-refractivity contribution is -0.153. The van der Waals surface area contributed by atoms with Gasteiger partial charge in [0.1, 0.15) is 5.75 Å². The first-order chi connectivity index (χ1) is 13.0. The number of ether oxygens (including phenoxy) is 1. The van der Waals surface area contributed by atoms with Crippen LogP contribution in [0.4, 0.5) is 13.2 Å². The van der Waals surface area contributed by atoms with Crippen LogP contribution in [0.1, 0.15) is 34.4 Å². The van der Waals surface area contributed by atoms with Crippen LogP contribution in [0.3, 0.4) is 0 Å². The Morgan fingerprint density at radius 1 is 0.593 bits per heavy atom. The van der Waals surface area contributed by atoms with E-state index >= 15 is 0 Å². The SMILES string of the molecule is FC(F)(F)COc1ccc(C2C(c3ccccc3)C2c2ccccc2)cc1. The summed E-state index contributed by atoms with van der Waals surface area (Å²) in [6.45, 7) is -1.27. The summed E-state index contributed by atoms with van der Waals surface area (Å²) in [7, 11) is 0. The molecule has 3 aromatic carbocycles. The van der Waals surface area contributed by atoms with Crippen molar-refractivity contribution >= 4 is 0 Å². The van der Waals surface area contributed by atoms with E-state index in [-0.39, 0.29) is 5.75 Å². The fraction of sp³-hybridized carbons (Fsp3) is 0.217. The molecule has 4 heteroatoms. The summed E-state index contributed by atoms with van der Waals surface area (Å²) in [6, 6.07) is 27.8. The van der Waals surface area contributed by atoms with E-state index in [4.69, 9.17) is 4.74 Å². The molecule has 2 unspecified atom stereocenters. The molecule has 0 bridgehead atoms. The van der Waals surface area contributed by atoms with Crippen LogP contribution in [0, 0.1) is 0 Å². The van der Waals surface area contributed by atoms with Gasteiger partial charge in [-0.15, -0.1) is 0 Å². The first-order valence-electron chi connectivity index (χ1n) is 8.92. The third-order valence-corrected chi connectivity index (χ3v) is 5.06. The maximum absolute atomic E-state index is 12.3. The van der Waals surface area contributed by atoms with Crippen molar-refractivity contribution < 1.29 is 17.9 Å². The van der Waals surface area contributed by atoms with Crippen molar-refractivity contribution in [3.05, 3.63) is 102 Å². The number of halogens is 3. The third-order valence-electron chi connectivity index (χ3n) is 5.06. The molecular weight excluding hydrogens is 349 g/mol. The molecule has 27 heavy (non-hydrogen) atoms. The minimum absolute atomic E-state index is 0.240. The van der Waals surface area contributed by atoms with Crippen LogP contribution in [0.5, 0.6) is 5.75 Å². The van der Waals surface area contributed by atoms with E-state index in [9.17, 15) is 13.2 Å². The lowest BCUT2D eigenvalue weighted by Crippen LogP contribution is -2.19. The van der Waals surface area contributed by atoms with Crippen molar-refractivity contribution in [3.8, 4) is 5.75 Å². The summed E-state index contributed by atoms with van der Waals surface area (Å²) in [5, 5.41) is 0. The highest BCUT2D eigenvalue weighted by Crippen LogP contribution is 2.66. The van der Waals surface area contributed by atoms with Gasteiger partial charge in [0.15, 0.2) is 6.61 Å². The largest absolute Gasteiger partial charge is 0.484 e. The van der Waals surface area contributed by atoms with Gasteiger partial charge in [-0.1, -0.05) is 72.8 Å². The zero-order valence-electron chi connectivity index (χ0n) is 14.6. The Balaban J connectivity index is 1.57. The van der Waals surface area contributed by atoms with E-state index in [2.05, 4.69) is 24.3 Å². The molecule has 0 saturated heterocycles. The molecule has 1 saturated carbocycles. The number of hydrogen-bond acceptors (Lipinski definition) is 1. The van der Waals surface area contributed by atoms with Gasteiger partial charge in [0, 0.05) is 0 Å². The molecule has 0 radical (unpaired) electrons. The summed E-state index contributed by atoms with van der Waals surface area (Å²) < 4.78 is 41.8. The van der Waals surface area contributed by atoms with Gasteiger partial charge in [-0.2, -0.15) is 13.2 Å². The van der Waals surface area contributed by atoms with Gasteiger partial charge in [0.2, 0.25) is 0 Å². The highest BCUT2D eigenvalue weighted by Gasteiger charge is 2.52. The molecule has 0 spiro atoms. The second-order valence-electron chi connectivity index (χ2n) is 6.87. The van der Waals surface area contributed by atoms with Crippen molar-refractivity contribution in [1.29, 1.82) is 0 Å². The number of rotatable bonds is 5. The molecule has 0 aromatic heterocycles. The van der Waals surface area contributed by atoms with Gasteiger partial charge < -0.3 is 4.74 Å². The third kappa shape index (κ3) is 4.00. The van der Waals surface area contributed by atoms with Crippen molar-refractivity contribution in [3.63, 3.8) is 0 Å². The molecule has 1 nitrogen and oxygen atoms in total. The number of alkyl halides is 3. The van der Waals surface area contributed by atoms with Crippen LogP contribution < -0.4 is 4.74 Å². The van der Waals surface area contributed by atoms with E-state index in [1.807, 2.05) is 48.5 Å². The fourth-order valence-corrected chi connectivity index (χ4v) is 3.86. The zero-order valence-corrected chi connectivity index (χ0v) is 14.6. The van der Waals surface area contributed by atoms with Gasteiger partial charge in [-0.3, -0.25) is 0 Å². The van der Waals surface area contributed by atoms with Crippen molar-refractivity contribution in [2.24, 2.45) is 0 Å². The van der Waals surface area contributed by atoms with E-state index in [0.717, 1.165) is 5.56 Å². The molecule has 1 aliphatic rings. The average molecular weight is 368 g/mol. The molecule has 0 aliphatic heterocycles. The quantitative estimate of drug-likeness (QED) is 0.514. The number of benzene rings is 3. The smallest absolute Gasteiger partial charge is 0.422 e. The molecule has 1 aliphatic carbocycles. The highest BCUT2D eigenvalue weighted by molar-refractivity contribution is 5.48. The summed E-state index contributed by atoms with van der Waals surface area (Å²) >= 11 is 0. The van der Waals surface area contributed by atoms with Crippen LogP contribution in [0.25, 0.3) is 0 Å². The summed E-state index contributed by atoms with van der Waals surface area (Å²) in [5.74, 6) is 1.29. The Hall–Kier alpha value is -2.75. The van der Waals surface area contributed by atoms with Gasteiger partial charge >= 0.3 is 6.18 Å². The summed E-state index contributed by atoms with van der Waals surface area (Å²) in [4.78, 5) is 0. The molecule has 2 atom stereocenters. The van der Waals surface area contributed by atoms with Crippen LogP contribution in [-0.4, -0.2) is 12.8 Å².